The Morgan fingerprint density at radius 3 is 1.61 bits per heavy atom. The van der Waals surface area contributed by atoms with E-state index >= 15 is 0 Å². The van der Waals surface area contributed by atoms with E-state index in [0.29, 0.717) is 0 Å². The van der Waals surface area contributed by atoms with Gasteiger partial charge in [0.15, 0.2) is 0 Å². The molecule has 0 aliphatic heterocycles. The van der Waals surface area contributed by atoms with Gasteiger partial charge in [-0.2, -0.15) is 11.3 Å². The molecule has 0 unspecified atom stereocenters. The summed E-state index contributed by atoms with van der Waals surface area (Å²) in [5.41, 5.74) is 6.75. The fourth-order valence-electron chi connectivity index (χ4n) is 2.64. The molecule has 4 rings (SSSR count). The Labute approximate surface area is 139 Å². The highest BCUT2D eigenvalue weighted by molar-refractivity contribution is 7.08. The molecule has 2 aromatic carbocycles. The van der Waals surface area contributed by atoms with Crippen LogP contribution in [0.3, 0.4) is 0 Å². The van der Waals surface area contributed by atoms with Crippen LogP contribution in [0.5, 0.6) is 0 Å². The number of nitrogens with zero attached hydrogens (tertiary/aromatic N) is 1. The van der Waals surface area contributed by atoms with E-state index in [9.17, 15) is 0 Å². The molecule has 4 aromatic rings. The molecule has 0 saturated carbocycles. The van der Waals surface area contributed by atoms with Crippen molar-refractivity contribution in [3.05, 3.63) is 89.6 Å². The van der Waals surface area contributed by atoms with Crippen LogP contribution in [0.1, 0.15) is 0 Å². The largest absolute Gasteiger partial charge is 0.248 e. The van der Waals surface area contributed by atoms with Gasteiger partial charge in [-0.3, -0.25) is 0 Å². The zero-order valence-electron chi connectivity index (χ0n) is 12.5. The zero-order chi connectivity index (χ0) is 15.5. The van der Waals surface area contributed by atoms with Crippen LogP contribution < -0.4 is 0 Å². The Balaban J connectivity index is 1.91. The molecular formula is C21H15NS. The van der Waals surface area contributed by atoms with E-state index in [4.69, 9.17) is 4.98 Å². The second-order valence-corrected chi connectivity index (χ2v) is 6.15. The molecule has 2 aromatic heterocycles. The third-order valence-electron chi connectivity index (χ3n) is 3.82. The first-order valence-electron chi connectivity index (χ1n) is 7.56. The van der Waals surface area contributed by atoms with Crippen molar-refractivity contribution in [2.24, 2.45) is 0 Å². The van der Waals surface area contributed by atoms with Crippen LogP contribution >= 0.6 is 11.3 Å². The lowest BCUT2D eigenvalue weighted by atomic mass is 10.0. The van der Waals surface area contributed by atoms with Gasteiger partial charge in [0, 0.05) is 11.1 Å². The number of rotatable bonds is 3. The lowest BCUT2D eigenvalue weighted by Crippen LogP contribution is -1.90. The van der Waals surface area contributed by atoms with Crippen LogP contribution in [-0.4, -0.2) is 4.98 Å². The Bertz CT molecular complexity index is 840. The van der Waals surface area contributed by atoms with Crippen LogP contribution in [0.4, 0.5) is 0 Å². The molecule has 0 amide bonds. The summed E-state index contributed by atoms with van der Waals surface area (Å²) in [6, 6.07) is 27.2. The third kappa shape index (κ3) is 2.94. The molecule has 23 heavy (non-hydrogen) atoms. The highest BCUT2D eigenvalue weighted by atomic mass is 32.1. The van der Waals surface area contributed by atoms with Crippen molar-refractivity contribution in [3.8, 4) is 33.6 Å². The second-order valence-electron chi connectivity index (χ2n) is 5.37. The molecule has 110 valence electrons. The van der Waals surface area contributed by atoms with Crippen LogP contribution in [-0.2, 0) is 0 Å². The fraction of sp³-hybridized carbons (Fsp3) is 0. The molecule has 0 spiro atoms. The molecule has 2 heteroatoms. The minimum atomic E-state index is 1.01. The predicted molar refractivity (Wildman–Crippen MR) is 98.4 cm³/mol. The first-order valence-corrected chi connectivity index (χ1v) is 8.50. The monoisotopic (exact) mass is 313 g/mol. The van der Waals surface area contributed by atoms with Crippen molar-refractivity contribution in [3.63, 3.8) is 0 Å². The molecule has 0 aliphatic rings. The quantitative estimate of drug-likeness (QED) is 0.442. The number of pyridine rings is 1. The summed E-state index contributed by atoms with van der Waals surface area (Å²) < 4.78 is 0. The molecule has 0 bridgehead atoms. The Hall–Kier alpha value is -2.71. The molecular weight excluding hydrogens is 298 g/mol. The summed E-state index contributed by atoms with van der Waals surface area (Å²) in [6.45, 7) is 0. The summed E-state index contributed by atoms with van der Waals surface area (Å²) in [5.74, 6) is 0. The van der Waals surface area contributed by atoms with E-state index in [0.717, 1.165) is 22.5 Å². The molecule has 0 saturated heterocycles. The Kier molecular flexibility index (Phi) is 3.75. The van der Waals surface area contributed by atoms with Crippen molar-refractivity contribution in [2.45, 2.75) is 0 Å². The topological polar surface area (TPSA) is 12.9 Å². The van der Waals surface area contributed by atoms with Gasteiger partial charge in [0.25, 0.3) is 0 Å². The van der Waals surface area contributed by atoms with Crippen molar-refractivity contribution in [1.82, 2.24) is 4.98 Å². The fourth-order valence-corrected chi connectivity index (χ4v) is 3.30. The van der Waals surface area contributed by atoms with Gasteiger partial charge in [-0.05, 0) is 40.1 Å². The predicted octanol–water partition coefficient (Wildman–Crippen LogP) is 6.14. The average molecular weight is 313 g/mol. The highest BCUT2D eigenvalue weighted by Gasteiger charge is 2.08. The first kappa shape index (κ1) is 13.9. The number of hydrogen-bond acceptors (Lipinski definition) is 2. The van der Waals surface area contributed by atoms with Crippen molar-refractivity contribution >= 4 is 11.3 Å². The van der Waals surface area contributed by atoms with Crippen molar-refractivity contribution in [2.75, 3.05) is 0 Å². The van der Waals surface area contributed by atoms with Crippen LogP contribution in [0.25, 0.3) is 33.6 Å². The van der Waals surface area contributed by atoms with Gasteiger partial charge in [-0.15, -0.1) is 0 Å². The van der Waals surface area contributed by atoms with Gasteiger partial charge >= 0.3 is 0 Å². The number of thiophene rings is 1. The summed E-state index contributed by atoms with van der Waals surface area (Å²) in [7, 11) is 0. The maximum absolute atomic E-state index is 4.89. The highest BCUT2D eigenvalue weighted by Crippen LogP contribution is 2.30. The van der Waals surface area contributed by atoms with Gasteiger partial charge in [0.05, 0.1) is 11.4 Å². The average Bonchev–Trinajstić information content (AvgIpc) is 3.18. The Morgan fingerprint density at radius 1 is 0.565 bits per heavy atom. The summed E-state index contributed by atoms with van der Waals surface area (Å²) in [5, 5.41) is 4.29. The van der Waals surface area contributed by atoms with E-state index < -0.39 is 0 Å². The van der Waals surface area contributed by atoms with E-state index in [1.165, 1.54) is 11.1 Å². The van der Waals surface area contributed by atoms with Gasteiger partial charge in [0.2, 0.25) is 0 Å². The van der Waals surface area contributed by atoms with Crippen LogP contribution in [0.15, 0.2) is 89.6 Å². The van der Waals surface area contributed by atoms with Gasteiger partial charge in [-0.25, -0.2) is 4.98 Å². The molecule has 0 aliphatic carbocycles. The molecule has 2 heterocycles. The van der Waals surface area contributed by atoms with E-state index in [-0.39, 0.29) is 0 Å². The molecule has 0 radical (unpaired) electrons. The van der Waals surface area contributed by atoms with Gasteiger partial charge < -0.3 is 0 Å². The number of aromatic nitrogens is 1. The second kappa shape index (κ2) is 6.19. The van der Waals surface area contributed by atoms with Crippen LogP contribution in [0, 0.1) is 0 Å². The maximum Gasteiger partial charge on any atom is 0.0715 e. The van der Waals surface area contributed by atoms with E-state index in [1.54, 1.807) is 11.3 Å². The molecule has 0 fully saturated rings. The van der Waals surface area contributed by atoms with Crippen molar-refractivity contribution < 1.29 is 0 Å². The molecule has 0 atom stereocenters. The minimum Gasteiger partial charge on any atom is -0.248 e. The van der Waals surface area contributed by atoms with E-state index in [1.807, 2.05) is 12.1 Å². The Morgan fingerprint density at radius 2 is 1.13 bits per heavy atom. The third-order valence-corrected chi connectivity index (χ3v) is 4.50. The van der Waals surface area contributed by atoms with Crippen LogP contribution in [0.2, 0.25) is 0 Å². The molecule has 0 N–H and O–H groups in total. The van der Waals surface area contributed by atoms with Crippen molar-refractivity contribution in [1.29, 1.82) is 0 Å². The lowest BCUT2D eigenvalue weighted by molar-refractivity contribution is 1.32. The number of benzene rings is 2. The normalized spacial score (nSPS) is 10.6. The van der Waals surface area contributed by atoms with Gasteiger partial charge in [-0.1, -0.05) is 60.7 Å². The first-order chi connectivity index (χ1) is 11.4. The molecule has 1 nitrogen and oxygen atoms in total. The summed E-state index contributed by atoms with van der Waals surface area (Å²) >= 11 is 1.72. The minimum absolute atomic E-state index is 1.01. The SMILES string of the molecule is c1ccc(-c2cc(-c3ccsc3)cc(-c3ccccc3)n2)cc1. The van der Waals surface area contributed by atoms with Gasteiger partial charge in [0.1, 0.15) is 0 Å². The summed E-state index contributed by atoms with van der Waals surface area (Å²) in [6.07, 6.45) is 0. The lowest BCUT2D eigenvalue weighted by Gasteiger charge is -2.09. The zero-order valence-corrected chi connectivity index (χ0v) is 13.3. The van der Waals surface area contributed by atoms with E-state index in [2.05, 4.69) is 77.5 Å². The maximum atomic E-state index is 4.89. The smallest absolute Gasteiger partial charge is 0.0715 e. The number of hydrogen-bond donors (Lipinski definition) is 0. The summed E-state index contributed by atoms with van der Waals surface area (Å²) in [4.78, 5) is 4.89. The standard InChI is InChI=1S/C21H15NS/c1-3-7-16(8-4-1)20-13-19(18-11-12-23-15-18)14-21(22-20)17-9-5-2-6-10-17/h1-15H.